The molecule has 42 heavy (non-hydrogen) atoms. The Morgan fingerprint density at radius 3 is 1.29 bits per heavy atom. The minimum absolute atomic E-state index is 0.861. The number of halogens is 2. The highest BCUT2D eigenvalue weighted by molar-refractivity contribution is 9.10. The predicted octanol–water partition coefficient (Wildman–Crippen LogP) is 11.7. The quantitative estimate of drug-likeness (QED) is 0.123. The van der Waals surface area contributed by atoms with Gasteiger partial charge in [-0.1, -0.05) is 120 Å². The first-order chi connectivity index (χ1) is 19.8. The summed E-state index contributed by atoms with van der Waals surface area (Å²) in [6.07, 6.45) is 11.3. The van der Waals surface area contributed by atoms with Gasteiger partial charge in [-0.15, -0.1) is 0 Å². The van der Waals surface area contributed by atoms with Crippen molar-refractivity contribution in [3.8, 4) is 23.7 Å². The molecule has 0 aliphatic heterocycles. The lowest BCUT2D eigenvalue weighted by Gasteiger charge is -2.48. The lowest BCUT2D eigenvalue weighted by molar-refractivity contribution is 0.115. The molecule has 2 unspecified atom stereocenters. The van der Waals surface area contributed by atoms with Gasteiger partial charge in [0, 0.05) is 44.0 Å². The first-order valence-electron chi connectivity index (χ1n) is 15.8. The Morgan fingerprint density at radius 1 is 0.571 bits per heavy atom. The average molecular weight is 731 g/mol. The summed E-state index contributed by atoms with van der Waals surface area (Å²) in [5.74, 6) is 14.7. The summed E-state index contributed by atoms with van der Waals surface area (Å²) >= 11 is 7.60. The van der Waals surface area contributed by atoms with Gasteiger partial charge >= 0.3 is 0 Å². The van der Waals surface area contributed by atoms with Gasteiger partial charge in [-0.3, -0.25) is 0 Å². The lowest BCUT2D eigenvalue weighted by Crippen LogP contribution is -2.51. The molecule has 3 rings (SSSR count). The van der Waals surface area contributed by atoms with Crippen LogP contribution in [0.15, 0.2) is 45.3 Å². The van der Waals surface area contributed by atoms with Crippen LogP contribution in [0.1, 0.15) is 100 Å². The zero-order valence-electron chi connectivity index (χ0n) is 27.1. The van der Waals surface area contributed by atoms with Gasteiger partial charge in [0.05, 0.1) is 0 Å². The third-order valence-corrected chi connectivity index (χ3v) is 10.1. The molecule has 1 aliphatic carbocycles. The molecule has 2 nitrogen and oxygen atoms in total. The Hall–Kier alpha value is -1.13. The molecule has 0 saturated carbocycles. The van der Waals surface area contributed by atoms with E-state index in [9.17, 15) is 0 Å². The smallest absolute Gasteiger partial charge is 0.186 e. The number of rotatable bonds is 12. The van der Waals surface area contributed by atoms with Gasteiger partial charge in [0.2, 0.25) is 0 Å². The third kappa shape index (κ3) is 8.96. The molecule has 2 aromatic carbocycles. The van der Waals surface area contributed by atoms with Crippen LogP contribution < -0.4 is 0 Å². The fourth-order valence-electron chi connectivity index (χ4n) is 5.63. The van der Waals surface area contributed by atoms with Gasteiger partial charge < -0.3 is 8.85 Å². The van der Waals surface area contributed by atoms with Crippen molar-refractivity contribution in [2.75, 3.05) is 0 Å². The number of unbranched alkanes of at least 4 members (excludes halogenated alkanes) is 8. The van der Waals surface area contributed by atoms with Gasteiger partial charge in [0.1, 0.15) is 0 Å². The summed E-state index contributed by atoms with van der Waals surface area (Å²) < 4.78 is 16.6. The van der Waals surface area contributed by atoms with E-state index in [0.717, 1.165) is 56.9 Å². The Bertz CT molecular complexity index is 1230. The monoisotopic (exact) mass is 728 g/mol. The molecule has 0 fully saturated rings. The van der Waals surface area contributed by atoms with E-state index in [1.54, 1.807) is 0 Å². The van der Waals surface area contributed by atoms with Crippen molar-refractivity contribution in [3.05, 3.63) is 67.6 Å². The van der Waals surface area contributed by atoms with Crippen molar-refractivity contribution in [3.63, 3.8) is 0 Å². The van der Waals surface area contributed by atoms with E-state index in [-0.39, 0.29) is 0 Å². The molecule has 0 radical (unpaired) electrons. The van der Waals surface area contributed by atoms with E-state index in [4.69, 9.17) is 8.85 Å². The second-order valence-corrected chi connectivity index (χ2v) is 24.1. The molecule has 0 amide bonds. The van der Waals surface area contributed by atoms with Gasteiger partial charge in [-0.25, -0.2) is 0 Å². The molecule has 228 valence electrons. The molecular formula is C36H50Br2O2Si2. The third-order valence-electron chi connectivity index (χ3n) is 7.24. The molecular weight excluding hydrogens is 680 g/mol. The molecule has 0 heterocycles. The molecule has 2 aromatic rings. The van der Waals surface area contributed by atoms with Gasteiger partial charge in [-0.2, -0.15) is 0 Å². The van der Waals surface area contributed by atoms with Crippen molar-refractivity contribution in [1.29, 1.82) is 0 Å². The molecule has 1 aliphatic rings. The van der Waals surface area contributed by atoms with Crippen molar-refractivity contribution in [1.82, 2.24) is 0 Å². The summed E-state index contributed by atoms with van der Waals surface area (Å²) in [5.41, 5.74) is 2.40. The van der Waals surface area contributed by atoms with Crippen molar-refractivity contribution in [2.45, 2.75) is 129 Å². The van der Waals surface area contributed by atoms with E-state index in [1.165, 1.54) is 38.5 Å². The fourth-order valence-corrected chi connectivity index (χ4v) is 8.73. The van der Waals surface area contributed by atoms with Crippen molar-refractivity contribution >= 4 is 48.5 Å². The molecule has 0 N–H and O–H groups in total. The van der Waals surface area contributed by atoms with Crippen LogP contribution in [0.5, 0.6) is 0 Å². The van der Waals surface area contributed by atoms with Crippen LogP contribution in [0.25, 0.3) is 0 Å². The van der Waals surface area contributed by atoms with Crippen molar-refractivity contribution in [2.24, 2.45) is 0 Å². The maximum Gasteiger partial charge on any atom is 0.186 e. The SMILES string of the molecule is CCCCCCC#CC1(O[Si](C)(C)C)c2ccc(Br)cc2C(C#CCCCCCC)(O[Si](C)(C)C)c2ccc(Br)cc21. The summed E-state index contributed by atoms with van der Waals surface area (Å²) in [4.78, 5) is 0. The second-order valence-electron chi connectivity index (χ2n) is 13.4. The highest BCUT2D eigenvalue weighted by Crippen LogP contribution is 2.54. The molecule has 0 saturated heterocycles. The standard InChI is InChI=1S/C36H50Br2O2Si2/c1-9-11-13-15-17-19-25-35(39-41(3,4)5)31-23-21-30(38)28-34(31)36(40-42(6,7)8,26-20-18-16-14-12-10-2)32-24-22-29(37)27-33(32)35/h21-24,27-28H,9-18H2,1-8H3. The van der Waals surface area contributed by atoms with Gasteiger partial charge in [0.15, 0.2) is 27.8 Å². The fraction of sp³-hybridized carbons (Fsp3) is 0.556. The van der Waals surface area contributed by atoms with Crippen LogP contribution in [0, 0.1) is 23.7 Å². The average Bonchev–Trinajstić information content (AvgIpc) is 2.89. The second kappa shape index (κ2) is 15.2. The van der Waals surface area contributed by atoms with E-state index in [2.05, 4.69) is 145 Å². The Kier molecular flexibility index (Phi) is 12.8. The van der Waals surface area contributed by atoms with E-state index in [1.807, 2.05) is 0 Å². The molecule has 2 atom stereocenters. The Labute approximate surface area is 275 Å². The zero-order valence-corrected chi connectivity index (χ0v) is 32.3. The topological polar surface area (TPSA) is 18.5 Å². The number of hydrogen-bond donors (Lipinski definition) is 0. The van der Waals surface area contributed by atoms with E-state index < -0.39 is 27.8 Å². The molecule has 0 spiro atoms. The zero-order chi connectivity index (χ0) is 31.0. The van der Waals surface area contributed by atoms with Gasteiger partial charge in [-0.05, 0) is 76.4 Å². The maximum absolute atomic E-state index is 7.27. The maximum atomic E-state index is 7.27. The number of fused-ring (bicyclic) bond motifs is 2. The number of benzene rings is 2. The minimum Gasteiger partial charge on any atom is -0.395 e. The van der Waals surface area contributed by atoms with Crippen LogP contribution >= 0.6 is 31.9 Å². The molecule has 0 aromatic heterocycles. The highest BCUT2D eigenvalue weighted by Gasteiger charge is 2.54. The van der Waals surface area contributed by atoms with Crippen LogP contribution in [0.2, 0.25) is 39.3 Å². The van der Waals surface area contributed by atoms with Crippen LogP contribution in [0.4, 0.5) is 0 Å². The van der Waals surface area contributed by atoms with Crippen LogP contribution in [0.3, 0.4) is 0 Å². The first kappa shape index (κ1) is 35.4. The summed E-state index contributed by atoms with van der Waals surface area (Å²) in [7, 11) is -4.20. The Balaban J connectivity index is 2.37. The first-order valence-corrected chi connectivity index (χ1v) is 24.2. The highest BCUT2D eigenvalue weighted by atomic mass is 79.9. The number of hydrogen-bond acceptors (Lipinski definition) is 2. The van der Waals surface area contributed by atoms with Crippen LogP contribution in [-0.2, 0) is 20.1 Å². The normalized spacial score (nSPS) is 19.7. The summed E-state index contributed by atoms with van der Waals surface area (Å²) in [5, 5.41) is 0. The summed E-state index contributed by atoms with van der Waals surface area (Å²) in [6, 6.07) is 13.0. The van der Waals surface area contributed by atoms with E-state index >= 15 is 0 Å². The lowest BCUT2D eigenvalue weighted by atomic mass is 9.68. The van der Waals surface area contributed by atoms with Crippen LogP contribution in [-0.4, -0.2) is 16.6 Å². The van der Waals surface area contributed by atoms with Gasteiger partial charge in [0.25, 0.3) is 0 Å². The molecule has 6 heteroatoms. The van der Waals surface area contributed by atoms with E-state index in [0.29, 0.717) is 0 Å². The molecule has 0 bridgehead atoms. The largest absolute Gasteiger partial charge is 0.395 e. The Morgan fingerprint density at radius 2 is 0.952 bits per heavy atom. The summed E-state index contributed by atoms with van der Waals surface area (Å²) in [6.45, 7) is 18.0. The minimum atomic E-state index is -2.10. The predicted molar refractivity (Wildman–Crippen MR) is 192 cm³/mol. The van der Waals surface area contributed by atoms with Crippen molar-refractivity contribution < 1.29 is 8.85 Å².